The number of nitrogens with zero attached hydrogens (tertiary/aromatic N) is 2. The summed E-state index contributed by atoms with van der Waals surface area (Å²) < 4.78 is 12.1. The Kier molecular flexibility index (Phi) is 9.03. The van der Waals surface area contributed by atoms with E-state index in [1.165, 1.54) is 23.8 Å². The van der Waals surface area contributed by atoms with Crippen molar-refractivity contribution < 1.29 is 19.1 Å². The zero-order chi connectivity index (χ0) is 26.7. The van der Waals surface area contributed by atoms with Gasteiger partial charge in [-0.05, 0) is 104 Å². The summed E-state index contributed by atoms with van der Waals surface area (Å²) in [5, 5.41) is 1.61. The van der Waals surface area contributed by atoms with E-state index in [2.05, 4.69) is 36.9 Å². The lowest BCUT2D eigenvalue weighted by Gasteiger charge is -2.12. The van der Waals surface area contributed by atoms with Gasteiger partial charge in [0.05, 0.1) is 32.2 Å². The van der Waals surface area contributed by atoms with Crippen molar-refractivity contribution in [2.45, 2.75) is 6.61 Å². The van der Waals surface area contributed by atoms with Crippen LogP contribution in [0.4, 0.5) is 5.69 Å². The lowest BCUT2D eigenvalue weighted by Crippen LogP contribution is -2.23. The third kappa shape index (κ3) is 6.59. The minimum Gasteiger partial charge on any atom is -0.486 e. The number of hydrogen-bond acceptors (Lipinski definition) is 6. The number of hydrogen-bond donors (Lipinski definition) is 0. The van der Waals surface area contributed by atoms with Gasteiger partial charge in [-0.25, -0.2) is 9.79 Å². The Morgan fingerprint density at radius 1 is 1.08 bits per heavy atom. The largest absolute Gasteiger partial charge is 0.486 e. The second kappa shape index (κ2) is 12.0. The summed E-state index contributed by atoms with van der Waals surface area (Å²) in [6.07, 6.45) is 1.79. The first-order valence-electron chi connectivity index (χ1n) is 10.7. The summed E-state index contributed by atoms with van der Waals surface area (Å²) in [6, 6.07) is 15.6. The lowest BCUT2D eigenvalue weighted by atomic mass is 10.2. The normalized spacial score (nSPS) is 15.5. The van der Waals surface area contributed by atoms with E-state index in [0.717, 1.165) is 11.1 Å². The third-order valence-corrected chi connectivity index (χ3v) is 8.05. The number of ether oxygens (including phenoxy) is 2. The molecule has 1 aliphatic heterocycles. The van der Waals surface area contributed by atoms with Gasteiger partial charge in [-0.3, -0.25) is 9.69 Å². The number of esters is 1. The van der Waals surface area contributed by atoms with Gasteiger partial charge in [0.25, 0.3) is 5.91 Å². The molecule has 4 rings (SSSR count). The highest BCUT2D eigenvalue weighted by Gasteiger charge is 2.30. The van der Waals surface area contributed by atoms with E-state index in [1.54, 1.807) is 49.5 Å². The van der Waals surface area contributed by atoms with Crippen molar-refractivity contribution in [2.24, 2.45) is 4.99 Å². The molecule has 1 amide bonds. The van der Waals surface area contributed by atoms with E-state index in [9.17, 15) is 9.59 Å². The van der Waals surface area contributed by atoms with Crippen molar-refractivity contribution >= 4 is 95.6 Å². The molecule has 0 unspecified atom stereocenters. The maximum Gasteiger partial charge on any atom is 0.337 e. The van der Waals surface area contributed by atoms with Crippen LogP contribution in [0, 0.1) is 0 Å². The molecule has 0 spiro atoms. The van der Waals surface area contributed by atoms with E-state index in [4.69, 9.17) is 32.7 Å². The monoisotopic (exact) mass is 682 g/mol. The van der Waals surface area contributed by atoms with Crippen LogP contribution in [0.1, 0.15) is 21.5 Å². The van der Waals surface area contributed by atoms with Crippen LogP contribution in [0.15, 0.2) is 73.4 Å². The highest BCUT2D eigenvalue weighted by molar-refractivity contribution is 9.11. The van der Waals surface area contributed by atoms with Crippen LogP contribution in [-0.2, 0) is 16.1 Å². The molecule has 3 aromatic carbocycles. The van der Waals surface area contributed by atoms with Gasteiger partial charge in [0, 0.05) is 22.7 Å². The van der Waals surface area contributed by atoms with Crippen molar-refractivity contribution in [1.29, 1.82) is 0 Å². The fourth-order valence-corrected chi connectivity index (χ4v) is 6.19. The molecule has 37 heavy (non-hydrogen) atoms. The maximum absolute atomic E-state index is 12.9. The number of likely N-dealkylation sites (N-methyl/N-ethyl adjacent to an activating group) is 1. The molecule has 3 aromatic rings. The highest BCUT2D eigenvalue weighted by Crippen LogP contribution is 2.38. The SMILES string of the molecule is COC(=O)c1ccc(N=C2SC(=Cc3cc(Br)c(OCc4ccc(Cl)cc4Cl)c(Br)c3)C(=O)N2C)cc1. The molecule has 0 aromatic heterocycles. The Hall–Kier alpha value is -2.30. The van der Waals surface area contributed by atoms with Crippen LogP contribution < -0.4 is 4.74 Å². The van der Waals surface area contributed by atoms with Crippen LogP contribution in [0.25, 0.3) is 6.08 Å². The molecule has 0 bridgehead atoms. The zero-order valence-corrected chi connectivity index (χ0v) is 24.9. The number of benzene rings is 3. The number of aliphatic imine (C=N–C) groups is 1. The lowest BCUT2D eigenvalue weighted by molar-refractivity contribution is -0.121. The van der Waals surface area contributed by atoms with Gasteiger partial charge in [0.15, 0.2) is 5.17 Å². The first-order valence-corrected chi connectivity index (χ1v) is 13.8. The number of halogens is 4. The Bertz CT molecular complexity index is 1420. The summed E-state index contributed by atoms with van der Waals surface area (Å²) >= 11 is 20.6. The standard InChI is InChI=1S/C26H18Br2Cl2N2O4S/c1-32-24(33)22(37-26(32)31-18-7-4-15(5-8-18)25(34)35-2)11-14-9-19(27)23(20(28)10-14)36-13-16-3-6-17(29)12-21(16)30/h3-12H,13H2,1-2H3. The summed E-state index contributed by atoms with van der Waals surface area (Å²) in [7, 11) is 3.00. The van der Waals surface area contributed by atoms with Crippen molar-refractivity contribution in [3.63, 3.8) is 0 Å². The second-order valence-electron chi connectivity index (χ2n) is 7.75. The molecule has 190 valence electrons. The van der Waals surface area contributed by atoms with Crippen LogP contribution in [0.5, 0.6) is 5.75 Å². The number of carbonyl (C=O) groups is 2. The van der Waals surface area contributed by atoms with E-state index in [-0.39, 0.29) is 12.5 Å². The van der Waals surface area contributed by atoms with Crippen molar-refractivity contribution in [1.82, 2.24) is 4.90 Å². The van der Waals surface area contributed by atoms with Gasteiger partial charge < -0.3 is 9.47 Å². The summed E-state index contributed by atoms with van der Waals surface area (Å²) in [4.78, 5) is 31.1. The molecule has 0 radical (unpaired) electrons. The minimum absolute atomic E-state index is 0.167. The fourth-order valence-electron chi connectivity index (χ4n) is 3.29. The Morgan fingerprint density at radius 2 is 1.76 bits per heavy atom. The first-order chi connectivity index (χ1) is 17.7. The minimum atomic E-state index is -0.422. The van der Waals surface area contributed by atoms with Crippen molar-refractivity contribution in [2.75, 3.05) is 14.2 Å². The van der Waals surface area contributed by atoms with E-state index in [0.29, 0.717) is 46.1 Å². The number of amides is 1. The molecule has 0 N–H and O–H groups in total. The average molecular weight is 685 g/mol. The number of thioether (sulfide) groups is 1. The summed E-state index contributed by atoms with van der Waals surface area (Å²) in [5.41, 5.74) is 2.64. The smallest absolute Gasteiger partial charge is 0.337 e. The molecule has 6 nitrogen and oxygen atoms in total. The van der Waals surface area contributed by atoms with Gasteiger partial charge in [0.1, 0.15) is 12.4 Å². The van der Waals surface area contributed by atoms with Gasteiger partial charge in [-0.1, -0.05) is 29.3 Å². The highest BCUT2D eigenvalue weighted by atomic mass is 79.9. The molecule has 0 atom stereocenters. The van der Waals surface area contributed by atoms with Crippen LogP contribution >= 0.6 is 66.8 Å². The number of carbonyl (C=O) groups excluding carboxylic acids is 2. The van der Waals surface area contributed by atoms with Crippen LogP contribution in [-0.4, -0.2) is 36.1 Å². The molecule has 1 saturated heterocycles. The Balaban J connectivity index is 1.51. The number of amidine groups is 1. The van der Waals surface area contributed by atoms with Gasteiger partial charge in [-0.15, -0.1) is 0 Å². The summed E-state index contributed by atoms with van der Waals surface area (Å²) in [5.74, 6) is 0.0164. The predicted molar refractivity (Wildman–Crippen MR) is 156 cm³/mol. The molecular weight excluding hydrogens is 667 g/mol. The molecule has 1 fully saturated rings. The van der Waals surface area contributed by atoms with Gasteiger partial charge in [0.2, 0.25) is 0 Å². The van der Waals surface area contributed by atoms with Gasteiger partial charge >= 0.3 is 5.97 Å². The number of methoxy groups -OCH3 is 1. The summed E-state index contributed by atoms with van der Waals surface area (Å²) in [6.45, 7) is 0.257. The Morgan fingerprint density at radius 3 is 2.38 bits per heavy atom. The number of rotatable bonds is 6. The second-order valence-corrected chi connectivity index (χ2v) is 11.3. The molecule has 1 heterocycles. The van der Waals surface area contributed by atoms with E-state index in [1.807, 2.05) is 18.2 Å². The molecule has 0 saturated carbocycles. The quantitative estimate of drug-likeness (QED) is 0.194. The van der Waals surface area contributed by atoms with Crippen molar-refractivity contribution in [3.8, 4) is 5.75 Å². The molecule has 1 aliphatic rings. The van der Waals surface area contributed by atoms with Gasteiger partial charge in [-0.2, -0.15) is 0 Å². The third-order valence-electron chi connectivity index (χ3n) is 5.22. The molecular formula is C26H18Br2Cl2N2O4S. The maximum atomic E-state index is 12.9. The molecule has 11 heteroatoms. The fraction of sp³-hybridized carbons (Fsp3) is 0.115. The average Bonchev–Trinajstić information content (AvgIpc) is 3.12. The predicted octanol–water partition coefficient (Wildman–Crippen LogP) is 8.12. The van der Waals surface area contributed by atoms with Crippen LogP contribution in [0.3, 0.4) is 0 Å². The first kappa shape index (κ1) is 27.7. The zero-order valence-electron chi connectivity index (χ0n) is 19.4. The van der Waals surface area contributed by atoms with Crippen molar-refractivity contribution in [3.05, 3.63) is 95.2 Å². The molecule has 0 aliphatic carbocycles. The van der Waals surface area contributed by atoms with E-state index < -0.39 is 5.97 Å². The van der Waals surface area contributed by atoms with Crippen LogP contribution in [0.2, 0.25) is 10.0 Å². The topological polar surface area (TPSA) is 68.2 Å². The Labute approximate surface area is 244 Å². The van der Waals surface area contributed by atoms with E-state index >= 15 is 0 Å².